The van der Waals surface area contributed by atoms with Crippen molar-refractivity contribution in [2.24, 2.45) is 0 Å². The van der Waals surface area contributed by atoms with Gasteiger partial charge in [-0.25, -0.2) is 0 Å². The first-order valence-electron chi connectivity index (χ1n) is 8.89. The summed E-state index contributed by atoms with van der Waals surface area (Å²) in [5.74, 6) is 1.25. The van der Waals surface area contributed by atoms with Gasteiger partial charge in [-0.2, -0.15) is 0 Å². The first-order chi connectivity index (χ1) is 13.0. The number of hydrogen-bond donors (Lipinski definition) is 1. The van der Waals surface area contributed by atoms with Gasteiger partial charge in [0, 0.05) is 43.7 Å². The van der Waals surface area contributed by atoms with Crippen molar-refractivity contribution in [1.29, 1.82) is 0 Å². The number of carbonyl (C=O) groups is 2. The number of piperazine rings is 1. The Balaban J connectivity index is 1.37. The summed E-state index contributed by atoms with van der Waals surface area (Å²) < 4.78 is 4.93. The van der Waals surface area contributed by atoms with Crippen molar-refractivity contribution in [3.63, 3.8) is 0 Å². The predicted octanol–water partition coefficient (Wildman–Crippen LogP) is 2.45. The number of thiophene rings is 1. The molecule has 2 aromatic rings. The Morgan fingerprint density at radius 3 is 2.78 bits per heavy atom. The Labute approximate surface area is 167 Å². The molecule has 0 saturated carbocycles. The highest BCUT2D eigenvalue weighted by molar-refractivity contribution is 8.01. The number of rotatable bonds is 7. The summed E-state index contributed by atoms with van der Waals surface area (Å²) in [5.41, 5.74) is 0. The van der Waals surface area contributed by atoms with Gasteiger partial charge in [0.25, 0.3) is 0 Å². The van der Waals surface area contributed by atoms with Gasteiger partial charge in [-0.3, -0.25) is 14.5 Å². The molecule has 3 heterocycles. The fraction of sp³-hybridized carbons (Fsp3) is 0.500. The number of aryl methyl sites for hydroxylation is 1. The highest BCUT2D eigenvalue weighted by Crippen LogP contribution is 2.17. The molecule has 1 aliphatic rings. The average molecular weight is 409 g/mol. The van der Waals surface area contributed by atoms with Gasteiger partial charge in [0.15, 0.2) is 5.82 Å². The zero-order valence-corrected chi connectivity index (χ0v) is 17.1. The minimum Gasteiger partial charge on any atom is -0.360 e. The lowest BCUT2D eigenvalue weighted by molar-refractivity contribution is -0.130. The van der Waals surface area contributed by atoms with Crippen LogP contribution >= 0.6 is 23.1 Å². The number of anilines is 1. The molecule has 0 aromatic carbocycles. The Hall–Kier alpha value is -1.84. The first-order valence-corrected chi connectivity index (χ1v) is 10.8. The number of nitrogens with zero attached hydrogens (tertiary/aromatic N) is 3. The summed E-state index contributed by atoms with van der Waals surface area (Å²) in [7, 11) is 0. The Morgan fingerprint density at radius 2 is 2.15 bits per heavy atom. The van der Waals surface area contributed by atoms with E-state index in [9.17, 15) is 9.59 Å². The van der Waals surface area contributed by atoms with Crippen molar-refractivity contribution in [3.8, 4) is 0 Å². The van der Waals surface area contributed by atoms with Gasteiger partial charge in [-0.05, 0) is 25.3 Å². The monoisotopic (exact) mass is 408 g/mol. The van der Waals surface area contributed by atoms with Crippen LogP contribution in [0.25, 0.3) is 0 Å². The van der Waals surface area contributed by atoms with E-state index in [0.29, 0.717) is 17.3 Å². The molecule has 1 unspecified atom stereocenters. The molecule has 1 saturated heterocycles. The second-order valence-corrected chi connectivity index (χ2v) is 8.86. The van der Waals surface area contributed by atoms with Gasteiger partial charge in [-0.1, -0.05) is 11.2 Å². The second-order valence-electron chi connectivity index (χ2n) is 6.50. The molecule has 3 rings (SSSR count). The lowest BCUT2D eigenvalue weighted by atomic mass is 10.3. The van der Waals surface area contributed by atoms with E-state index in [2.05, 4.69) is 32.9 Å². The molecule has 0 radical (unpaired) electrons. The van der Waals surface area contributed by atoms with Crippen LogP contribution in [0.3, 0.4) is 0 Å². The van der Waals surface area contributed by atoms with E-state index < -0.39 is 0 Å². The zero-order chi connectivity index (χ0) is 19.2. The lowest BCUT2D eigenvalue weighted by Gasteiger charge is -2.34. The normalized spacial score (nSPS) is 16.3. The summed E-state index contributed by atoms with van der Waals surface area (Å²) in [4.78, 5) is 30.2. The van der Waals surface area contributed by atoms with Crippen LogP contribution in [0, 0.1) is 6.92 Å². The number of thioether (sulfide) groups is 1. The van der Waals surface area contributed by atoms with E-state index in [4.69, 9.17) is 4.52 Å². The lowest BCUT2D eigenvalue weighted by Crippen LogP contribution is -2.48. The minimum atomic E-state index is -0.342. The van der Waals surface area contributed by atoms with Crippen molar-refractivity contribution in [2.45, 2.75) is 25.6 Å². The molecule has 2 amide bonds. The van der Waals surface area contributed by atoms with Crippen molar-refractivity contribution in [3.05, 3.63) is 34.2 Å². The van der Waals surface area contributed by atoms with Crippen LogP contribution in [0.2, 0.25) is 0 Å². The Morgan fingerprint density at radius 1 is 1.37 bits per heavy atom. The molecule has 1 fully saturated rings. The zero-order valence-electron chi connectivity index (χ0n) is 15.5. The van der Waals surface area contributed by atoms with E-state index in [1.54, 1.807) is 31.3 Å². The number of carbonyl (C=O) groups excluding carboxylic acids is 2. The van der Waals surface area contributed by atoms with E-state index in [1.165, 1.54) is 16.6 Å². The SMILES string of the molecule is Cc1cc(NC(=O)C(C)SCC(=O)N2CCN(Cc3cccs3)CC2)no1. The molecule has 146 valence electrons. The van der Waals surface area contributed by atoms with E-state index in [0.717, 1.165) is 32.7 Å². The highest BCUT2D eigenvalue weighted by atomic mass is 32.2. The molecule has 9 heteroatoms. The summed E-state index contributed by atoms with van der Waals surface area (Å²) in [6, 6.07) is 5.87. The van der Waals surface area contributed by atoms with Crippen LogP contribution in [-0.2, 0) is 16.1 Å². The van der Waals surface area contributed by atoms with Crippen LogP contribution in [0.4, 0.5) is 5.82 Å². The van der Waals surface area contributed by atoms with Crippen molar-refractivity contribution in [2.75, 3.05) is 37.2 Å². The maximum absolute atomic E-state index is 12.4. The summed E-state index contributed by atoms with van der Waals surface area (Å²) in [6.45, 7) is 7.75. The molecule has 1 aliphatic heterocycles. The molecule has 0 spiro atoms. The second kappa shape index (κ2) is 9.38. The highest BCUT2D eigenvalue weighted by Gasteiger charge is 2.23. The van der Waals surface area contributed by atoms with Gasteiger partial charge < -0.3 is 14.7 Å². The molecule has 27 heavy (non-hydrogen) atoms. The fourth-order valence-electron chi connectivity index (χ4n) is 2.79. The summed E-state index contributed by atoms with van der Waals surface area (Å²) in [5, 5.41) is 8.19. The fourth-order valence-corrected chi connectivity index (χ4v) is 4.33. The molecule has 0 aliphatic carbocycles. The number of amides is 2. The maximum Gasteiger partial charge on any atom is 0.238 e. The van der Waals surface area contributed by atoms with Gasteiger partial charge in [0.2, 0.25) is 11.8 Å². The standard InChI is InChI=1S/C18H24N4O3S2/c1-13-10-16(20-25-13)19-18(24)14(2)27-12-17(23)22-7-5-21(6-8-22)11-15-4-3-9-26-15/h3-4,9-10,14H,5-8,11-12H2,1-2H3,(H,19,20,24). The third-order valence-electron chi connectivity index (χ3n) is 4.39. The largest absolute Gasteiger partial charge is 0.360 e. The van der Waals surface area contributed by atoms with E-state index >= 15 is 0 Å². The molecule has 1 N–H and O–H groups in total. The number of nitrogens with one attached hydrogen (secondary N) is 1. The van der Waals surface area contributed by atoms with Gasteiger partial charge >= 0.3 is 0 Å². The van der Waals surface area contributed by atoms with Crippen LogP contribution < -0.4 is 5.32 Å². The van der Waals surface area contributed by atoms with Crippen LogP contribution in [0.5, 0.6) is 0 Å². The van der Waals surface area contributed by atoms with Gasteiger partial charge in [-0.15, -0.1) is 23.1 Å². The molecule has 1 atom stereocenters. The van der Waals surface area contributed by atoms with Crippen molar-refractivity contribution in [1.82, 2.24) is 15.0 Å². The smallest absolute Gasteiger partial charge is 0.238 e. The molecule has 2 aromatic heterocycles. The Kier molecular flexibility index (Phi) is 6.92. The number of aromatic nitrogens is 1. The van der Waals surface area contributed by atoms with Gasteiger partial charge in [0.05, 0.1) is 11.0 Å². The average Bonchev–Trinajstić information content (AvgIpc) is 3.31. The Bertz CT molecular complexity index is 755. The molecular weight excluding hydrogens is 384 g/mol. The van der Waals surface area contributed by atoms with Crippen molar-refractivity contribution < 1.29 is 14.1 Å². The molecule has 0 bridgehead atoms. The van der Waals surface area contributed by atoms with Crippen LogP contribution in [0.15, 0.2) is 28.1 Å². The molecular formula is C18H24N4O3S2. The van der Waals surface area contributed by atoms with Crippen molar-refractivity contribution >= 4 is 40.7 Å². The minimum absolute atomic E-state index is 0.0905. The van der Waals surface area contributed by atoms with Crippen LogP contribution in [0.1, 0.15) is 17.6 Å². The van der Waals surface area contributed by atoms with E-state index in [-0.39, 0.29) is 17.1 Å². The molecule has 7 nitrogen and oxygen atoms in total. The topological polar surface area (TPSA) is 78.7 Å². The summed E-state index contributed by atoms with van der Waals surface area (Å²) in [6.07, 6.45) is 0. The van der Waals surface area contributed by atoms with Crippen LogP contribution in [-0.4, -0.2) is 64.0 Å². The first kappa shape index (κ1) is 19.9. The number of hydrogen-bond acceptors (Lipinski definition) is 7. The van der Waals surface area contributed by atoms with Gasteiger partial charge in [0.1, 0.15) is 5.76 Å². The third-order valence-corrected chi connectivity index (χ3v) is 6.38. The van der Waals surface area contributed by atoms with E-state index in [1.807, 2.05) is 4.90 Å². The summed E-state index contributed by atoms with van der Waals surface area (Å²) >= 11 is 3.11. The predicted molar refractivity (Wildman–Crippen MR) is 108 cm³/mol. The third kappa shape index (κ3) is 5.82. The maximum atomic E-state index is 12.4. The quantitative estimate of drug-likeness (QED) is 0.758.